The van der Waals surface area contributed by atoms with Gasteiger partial charge in [0.15, 0.2) is 0 Å². The third-order valence-electron chi connectivity index (χ3n) is 5.13. The van der Waals surface area contributed by atoms with Crippen molar-refractivity contribution < 1.29 is 23.5 Å². The lowest BCUT2D eigenvalue weighted by atomic mass is 10.1. The van der Waals surface area contributed by atoms with Crippen molar-refractivity contribution >= 4 is 11.8 Å². The monoisotopic (exact) mass is 370 g/mol. The van der Waals surface area contributed by atoms with Crippen LogP contribution in [0, 0.1) is 5.82 Å². The number of likely N-dealkylation sites (N-methyl/N-ethyl adjacent to an activating group) is 1. The Bertz CT molecular complexity index is 899. The van der Waals surface area contributed by atoms with E-state index in [1.807, 2.05) is 0 Å². The first-order valence-electron chi connectivity index (χ1n) is 8.64. The number of carbonyl (C=O) groups excluding carboxylic acids is 2. The van der Waals surface area contributed by atoms with Crippen LogP contribution in [-0.4, -0.2) is 61.0 Å². The van der Waals surface area contributed by atoms with E-state index in [4.69, 9.17) is 9.47 Å². The van der Waals surface area contributed by atoms with Crippen molar-refractivity contribution in [1.29, 1.82) is 0 Å². The number of fused-ring (bicyclic) bond motifs is 2. The standard InChI is InChI=1S/C20H19FN2O4/c1-22-16-10-23(19(24)12-3-6-14(26-2)7-4-12)11-18(16)27-17-9-13(21)5-8-15(17)20(22)25/h3-9,16,18H,10-11H2,1-2H3. The summed E-state index contributed by atoms with van der Waals surface area (Å²) < 4.78 is 24.7. The van der Waals surface area contributed by atoms with Crippen molar-refractivity contribution in [3.05, 3.63) is 59.4 Å². The molecule has 27 heavy (non-hydrogen) atoms. The molecule has 1 fully saturated rings. The predicted molar refractivity (Wildman–Crippen MR) is 95.6 cm³/mol. The number of halogens is 1. The zero-order chi connectivity index (χ0) is 19.1. The van der Waals surface area contributed by atoms with E-state index in [9.17, 15) is 14.0 Å². The molecule has 2 heterocycles. The van der Waals surface area contributed by atoms with Gasteiger partial charge in [-0.25, -0.2) is 4.39 Å². The second-order valence-corrected chi connectivity index (χ2v) is 6.72. The summed E-state index contributed by atoms with van der Waals surface area (Å²) in [6, 6.07) is 10.5. The Morgan fingerprint density at radius 1 is 1.19 bits per heavy atom. The van der Waals surface area contributed by atoms with Gasteiger partial charge in [-0.2, -0.15) is 0 Å². The van der Waals surface area contributed by atoms with Crippen LogP contribution in [0.15, 0.2) is 42.5 Å². The summed E-state index contributed by atoms with van der Waals surface area (Å²) in [6.07, 6.45) is -0.413. The lowest BCUT2D eigenvalue weighted by molar-refractivity contribution is 0.0674. The zero-order valence-electron chi connectivity index (χ0n) is 15.0. The van der Waals surface area contributed by atoms with Gasteiger partial charge < -0.3 is 19.3 Å². The molecule has 0 aromatic heterocycles. The van der Waals surface area contributed by atoms with E-state index < -0.39 is 11.9 Å². The SMILES string of the molecule is COc1ccc(C(=O)N2CC3Oc4cc(F)ccc4C(=O)N(C)C3C2)cc1. The molecule has 0 aliphatic carbocycles. The minimum absolute atomic E-state index is 0.144. The molecule has 0 radical (unpaired) electrons. The Hall–Kier alpha value is -3.09. The number of amides is 2. The summed E-state index contributed by atoms with van der Waals surface area (Å²) in [4.78, 5) is 28.8. The summed E-state index contributed by atoms with van der Waals surface area (Å²) in [7, 11) is 3.25. The van der Waals surface area contributed by atoms with Gasteiger partial charge in [0, 0.05) is 25.2 Å². The highest BCUT2D eigenvalue weighted by atomic mass is 19.1. The van der Waals surface area contributed by atoms with Gasteiger partial charge in [0.1, 0.15) is 23.4 Å². The molecule has 2 atom stereocenters. The smallest absolute Gasteiger partial charge is 0.257 e. The van der Waals surface area contributed by atoms with Crippen molar-refractivity contribution in [2.24, 2.45) is 0 Å². The Morgan fingerprint density at radius 3 is 2.63 bits per heavy atom. The summed E-state index contributed by atoms with van der Waals surface area (Å²) in [5, 5.41) is 0. The molecular weight excluding hydrogens is 351 g/mol. The van der Waals surface area contributed by atoms with Gasteiger partial charge in [0.2, 0.25) is 0 Å². The minimum Gasteiger partial charge on any atom is -0.497 e. The highest BCUT2D eigenvalue weighted by molar-refractivity contribution is 5.98. The molecule has 2 aromatic rings. The van der Waals surface area contributed by atoms with Crippen LogP contribution in [0.1, 0.15) is 20.7 Å². The Kier molecular flexibility index (Phi) is 4.22. The summed E-state index contributed by atoms with van der Waals surface area (Å²) >= 11 is 0. The molecule has 140 valence electrons. The number of ether oxygens (including phenoxy) is 2. The normalized spacial score (nSPS) is 21.2. The van der Waals surface area contributed by atoms with Crippen molar-refractivity contribution in [3.63, 3.8) is 0 Å². The fraction of sp³-hybridized carbons (Fsp3) is 0.300. The minimum atomic E-state index is -0.466. The number of benzene rings is 2. The van der Waals surface area contributed by atoms with E-state index in [1.54, 1.807) is 48.2 Å². The average molecular weight is 370 g/mol. The first-order valence-corrected chi connectivity index (χ1v) is 8.64. The topological polar surface area (TPSA) is 59.1 Å². The number of likely N-dealkylation sites (tertiary alicyclic amines) is 1. The molecule has 1 saturated heterocycles. The second-order valence-electron chi connectivity index (χ2n) is 6.72. The van der Waals surface area contributed by atoms with E-state index in [-0.39, 0.29) is 23.6 Å². The summed E-state index contributed by atoms with van der Waals surface area (Å²) in [6.45, 7) is 0.678. The molecule has 0 bridgehead atoms. The van der Waals surface area contributed by atoms with Crippen LogP contribution in [0.4, 0.5) is 4.39 Å². The molecule has 7 heteroatoms. The van der Waals surface area contributed by atoms with E-state index in [1.165, 1.54) is 18.2 Å². The van der Waals surface area contributed by atoms with Crippen LogP contribution in [0.5, 0.6) is 11.5 Å². The molecule has 0 saturated carbocycles. The molecule has 0 N–H and O–H groups in total. The molecule has 2 aliphatic rings. The number of hydrogen-bond donors (Lipinski definition) is 0. The van der Waals surface area contributed by atoms with E-state index in [2.05, 4.69) is 0 Å². The first-order chi connectivity index (χ1) is 13.0. The van der Waals surface area contributed by atoms with Crippen LogP contribution in [0.2, 0.25) is 0 Å². The van der Waals surface area contributed by atoms with Gasteiger partial charge in [0.05, 0.1) is 25.3 Å². The van der Waals surface area contributed by atoms with Crippen molar-refractivity contribution in [3.8, 4) is 11.5 Å². The molecule has 4 rings (SSSR count). The lowest BCUT2D eigenvalue weighted by Gasteiger charge is -2.25. The highest BCUT2D eigenvalue weighted by Crippen LogP contribution is 2.31. The maximum Gasteiger partial charge on any atom is 0.257 e. The molecule has 6 nitrogen and oxygen atoms in total. The number of rotatable bonds is 2. The van der Waals surface area contributed by atoms with Crippen LogP contribution in [0.25, 0.3) is 0 Å². The van der Waals surface area contributed by atoms with Gasteiger partial charge in [-0.05, 0) is 36.4 Å². The van der Waals surface area contributed by atoms with Crippen LogP contribution in [-0.2, 0) is 0 Å². The highest BCUT2D eigenvalue weighted by Gasteiger charge is 2.43. The fourth-order valence-corrected chi connectivity index (χ4v) is 3.60. The number of carbonyl (C=O) groups is 2. The number of nitrogens with zero attached hydrogens (tertiary/aromatic N) is 2. The van der Waals surface area contributed by atoms with Crippen molar-refractivity contribution in [2.75, 3.05) is 27.2 Å². The summed E-state index contributed by atoms with van der Waals surface area (Å²) in [5.41, 5.74) is 0.869. The third-order valence-corrected chi connectivity index (χ3v) is 5.13. The Labute approximate surface area is 156 Å². The van der Waals surface area contributed by atoms with Gasteiger partial charge in [0.25, 0.3) is 11.8 Å². The largest absolute Gasteiger partial charge is 0.497 e. The summed E-state index contributed by atoms with van der Waals surface area (Å²) in [5.74, 6) is 0.0428. The zero-order valence-corrected chi connectivity index (χ0v) is 15.0. The first kappa shape index (κ1) is 17.3. The van der Waals surface area contributed by atoms with E-state index in [0.29, 0.717) is 30.0 Å². The molecule has 2 unspecified atom stereocenters. The molecule has 2 aromatic carbocycles. The quantitative estimate of drug-likeness (QED) is 0.813. The predicted octanol–water partition coefficient (Wildman–Crippen LogP) is 2.19. The maximum atomic E-state index is 13.6. The maximum absolute atomic E-state index is 13.6. The Balaban J connectivity index is 1.58. The lowest BCUT2D eigenvalue weighted by Crippen LogP contribution is -2.44. The molecule has 0 spiro atoms. The molecule has 2 aliphatic heterocycles. The van der Waals surface area contributed by atoms with Gasteiger partial charge in [-0.15, -0.1) is 0 Å². The second kappa shape index (κ2) is 6.57. The van der Waals surface area contributed by atoms with Crippen LogP contribution >= 0.6 is 0 Å². The van der Waals surface area contributed by atoms with Crippen LogP contribution < -0.4 is 9.47 Å². The number of methoxy groups -OCH3 is 1. The van der Waals surface area contributed by atoms with Gasteiger partial charge >= 0.3 is 0 Å². The van der Waals surface area contributed by atoms with Gasteiger partial charge in [-0.3, -0.25) is 9.59 Å². The van der Waals surface area contributed by atoms with Gasteiger partial charge in [-0.1, -0.05) is 0 Å². The Morgan fingerprint density at radius 2 is 1.93 bits per heavy atom. The molecular formula is C20H19FN2O4. The fourth-order valence-electron chi connectivity index (χ4n) is 3.60. The molecule has 2 amide bonds. The van der Waals surface area contributed by atoms with E-state index >= 15 is 0 Å². The van der Waals surface area contributed by atoms with Crippen molar-refractivity contribution in [2.45, 2.75) is 12.1 Å². The van der Waals surface area contributed by atoms with E-state index in [0.717, 1.165) is 0 Å². The van der Waals surface area contributed by atoms with Crippen molar-refractivity contribution in [1.82, 2.24) is 9.80 Å². The number of hydrogen-bond acceptors (Lipinski definition) is 4. The van der Waals surface area contributed by atoms with Crippen LogP contribution in [0.3, 0.4) is 0 Å². The third kappa shape index (κ3) is 2.99. The average Bonchev–Trinajstić information content (AvgIpc) is 3.06.